The van der Waals surface area contributed by atoms with Gasteiger partial charge >= 0.3 is 0 Å². The largest absolute Gasteiger partial charge is 0.0654 e. The van der Waals surface area contributed by atoms with Crippen LogP contribution in [0.4, 0.5) is 0 Å². The Morgan fingerprint density at radius 3 is 2.21 bits per heavy atom. The first-order chi connectivity index (χ1) is 6.79. The van der Waals surface area contributed by atoms with Gasteiger partial charge in [0, 0.05) is 0 Å². The van der Waals surface area contributed by atoms with E-state index in [0.717, 1.165) is 11.3 Å². The lowest BCUT2D eigenvalue weighted by Crippen LogP contribution is -2.04. The summed E-state index contributed by atoms with van der Waals surface area (Å²) in [6.45, 7) is 6.99. The van der Waals surface area contributed by atoms with Crippen LogP contribution in [0.25, 0.3) is 0 Å². The molecule has 0 radical (unpaired) electrons. The highest BCUT2D eigenvalue weighted by Gasteiger charge is 2.50. The van der Waals surface area contributed by atoms with Gasteiger partial charge in [-0.3, -0.25) is 0 Å². The summed E-state index contributed by atoms with van der Waals surface area (Å²) in [4.78, 5) is 0. The Morgan fingerprint density at radius 1 is 0.929 bits per heavy atom. The van der Waals surface area contributed by atoms with Gasteiger partial charge in [0.05, 0.1) is 0 Å². The SMILES string of the molecule is CCCCC1CC1(CCC)CCCC. The predicted octanol–water partition coefficient (Wildman–Crippen LogP) is 5.17. The van der Waals surface area contributed by atoms with E-state index in [9.17, 15) is 0 Å². The molecule has 14 heavy (non-hydrogen) atoms. The lowest BCUT2D eigenvalue weighted by Gasteiger charge is -2.16. The monoisotopic (exact) mass is 196 g/mol. The Kier molecular flexibility index (Phi) is 4.98. The van der Waals surface area contributed by atoms with E-state index in [2.05, 4.69) is 20.8 Å². The van der Waals surface area contributed by atoms with Gasteiger partial charge < -0.3 is 0 Å². The topological polar surface area (TPSA) is 0 Å². The zero-order valence-corrected chi connectivity index (χ0v) is 10.4. The highest BCUT2D eigenvalue weighted by atomic mass is 14.6. The van der Waals surface area contributed by atoms with Crippen LogP contribution in [0.1, 0.15) is 78.6 Å². The molecule has 0 spiro atoms. The fourth-order valence-electron chi connectivity index (χ4n) is 3.05. The second-order valence-corrected chi connectivity index (χ2v) is 5.26. The van der Waals surface area contributed by atoms with Crippen LogP contribution in [-0.2, 0) is 0 Å². The van der Waals surface area contributed by atoms with Crippen LogP contribution in [0.15, 0.2) is 0 Å². The summed E-state index contributed by atoms with van der Waals surface area (Å²) in [6, 6.07) is 0. The van der Waals surface area contributed by atoms with Crippen LogP contribution in [0, 0.1) is 11.3 Å². The molecule has 1 rings (SSSR count). The Labute approximate surface area is 90.5 Å². The summed E-state index contributed by atoms with van der Waals surface area (Å²) in [7, 11) is 0. The molecule has 2 atom stereocenters. The molecule has 0 heteroatoms. The summed E-state index contributed by atoms with van der Waals surface area (Å²) >= 11 is 0. The smallest absolute Gasteiger partial charge is 0.0266 e. The summed E-state index contributed by atoms with van der Waals surface area (Å²) < 4.78 is 0. The van der Waals surface area contributed by atoms with Crippen molar-refractivity contribution in [2.75, 3.05) is 0 Å². The van der Waals surface area contributed by atoms with E-state index >= 15 is 0 Å². The second kappa shape index (κ2) is 5.78. The van der Waals surface area contributed by atoms with Crippen molar-refractivity contribution in [2.45, 2.75) is 78.6 Å². The van der Waals surface area contributed by atoms with Gasteiger partial charge in [0.1, 0.15) is 0 Å². The maximum absolute atomic E-state index is 2.35. The molecule has 0 aromatic carbocycles. The van der Waals surface area contributed by atoms with Crippen LogP contribution in [0.3, 0.4) is 0 Å². The van der Waals surface area contributed by atoms with Crippen molar-refractivity contribution < 1.29 is 0 Å². The first-order valence-electron chi connectivity index (χ1n) is 6.79. The maximum Gasteiger partial charge on any atom is -0.0266 e. The number of hydrogen-bond donors (Lipinski definition) is 0. The van der Waals surface area contributed by atoms with Gasteiger partial charge in [-0.05, 0) is 37.0 Å². The molecule has 1 saturated carbocycles. The first-order valence-corrected chi connectivity index (χ1v) is 6.79. The minimum atomic E-state index is 0.819. The van der Waals surface area contributed by atoms with Gasteiger partial charge in [0.15, 0.2) is 0 Å². The van der Waals surface area contributed by atoms with Crippen molar-refractivity contribution >= 4 is 0 Å². The molecule has 0 amide bonds. The van der Waals surface area contributed by atoms with Gasteiger partial charge in [-0.15, -0.1) is 0 Å². The molecule has 2 unspecified atom stereocenters. The molecule has 0 heterocycles. The Bertz CT molecular complexity index is 150. The molecule has 84 valence electrons. The fourth-order valence-corrected chi connectivity index (χ4v) is 3.05. The average molecular weight is 196 g/mol. The third kappa shape index (κ3) is 3.00. The van der Waals surface area contributed by atoms with Crippen molar-refractivity contribution in [2.24, 2.45) is 11.3 Å². The molecule has 0 bridgehead atoms. The molecule has 1 aliphatic rings. The molecule has 0 aromatic heterocycles. The Hall–Kier alpha value is 0. The van der Waals surface area contributed by atoms with E-state index < -0.39 is 0 Å². The van der Waals surface area contributed by atoms with Crippen molar-refractivity contribution in [1.29, 1.82) is 0 Å². The maximum atomic E-state index is 2.35. The summed E-state index contributed by atoms with van der Waals surface area (Å²) in [5.41, 5.74) is 0.819. The summed E-state index contributed by atoms with van der Waals surface area (Å²) in [5, 5.41) is 0. The highest BCUT2D eigenvalue weighted by Crippen LogP contribution is 2.61. The quantitative estimate of drug-likeness (QED) is 0.502. The van der Waals surface area contributed by atoms with Gasteiger partial charge in [-0.2, -0.15) is 0 Å². The molecule has 0 aliphatic heterocycles. The van der Waals surface area contributed by atoms with Crippen LogP contribution >= 0.6 is 0 Å². The van der Waals surface area contributed by atoms with E-state index in [1.807, 2.05) is 0 Å². The normalized spacial score (nSPS) is 30.6. The van der Waals surface area contributed by atoms with Gasteiger partial charge in [-0.1, -0.05) is 52.9 Å². The lowest BCUT2D eigenvalue weighted by molar-refractivity contribution is 0.357. The van der Waals surface area contributed by atoms with E-state index in [1.54, 1.807) is 6.42 Å². The first kappa shape index (κ1) is 12.1. The average Bonchev–Trinajstić information content (AvgIpc) is 2.87. The van der Waals surface area contributed by atoms with Crippen LogP contribution in [-0.4, -0.2) is 0 Å². The molecule has 0 saturated heterocycles. The molecular weight excluding hydrogens is 168 g/mol. The van der Waals surface area contributed by atoms with Crippen molar-refractivity contribution in [3.63, 3.8) is 0 Å². The number of unbranched alkanes of at least 4 members (excludes halogenated alkanes) is 2. The van der Waals surface area contributed by atoms with Crippen molar-refractivity contribution in [3.05, 3.63) is 0 Å². The summed E-state index contributed by atoms with van der Waals surface area (Å²) in [6.07, 6.45) is 13.2. The third-order valence-corrected chi connectivity index (χ3v) is 4.04. The van der Waals surface area contributed by atoms with Crippen molar-refractivity contribution in [3.8, 4) is 0 Å². The molecule has 1 aliphatic carbocycles. The van der Waals surface area contributed by atoms with Crippen LogP contribution in [0.2, 0.25) is 0 Å². The number of hydrogen-bond acceptors (Lipinski definition) is 0. The molecule has 1 fully saturated rings. The van der Waals surface area contributed by atoms with E-state index in [4.69, 9.17) is 0 Å². The van der Waals surface area contributed by atoms with Gasteiger partial charge in [0.25, 0.3) is 0 Å². The summed E-state index contributed by atoms with van der Waals surface area (Å²) in [5.74, 6) is 1.11. The molecule has 0 N–H and O–H groups in total. The highest BCUT2D eigenvalue weighted by molar-refractivity contribution is 5.01. The van der Waals surface area contributed by atoms with Gasteiger partial charge in [-0.25, -0.2) is 0 Å². The van der Waals surface area contributed by atoms with Gasteiger partial charge in [0.2, 0.25) is 0 Å². The number of rotatable bonds is 8. The van der Waals surface area contributed by atoms with E-state index in [0.29, 0.717) is 0 Å². The zero-order chi connectivity index (χ0) is 10.4. The predicted molar refractivity (Wildman–Crippen MR) is 64.5 cm³/mol. The lowest BCUT2D eigenvalue weighted by atomic mass is 9.90. The second-order valence-electron chi connectivity index (χ2n) is 5.26. The zero-order valence-electron chi connectivity index (χ0n) is 10.4. The molecular formula is C14H28. The third-order valence-electron chi connectivity index (χ3n) is 4.04. The van der Waals surface area contributed by atoms with E-state index in [-0.39, 0.29) is 0 Å². The molecule has 0 aromatic rings. The minimum Gasteiger partial charge on any atom is -0.0654 e. The Morgan fingerprint density at radius 2 is 1.64 bits per heavy atom. The Balaban J connectivity index is 2.27. The molecule has 0 nitrogen and oxygen atoms in total. The van der Waals surface area contributed by atoms with Crippen LogP contribution in [0.5, 0.6) is 0 Å². The van der Waals surface area contributed by atoms with Crippen LogP contribution < -0.4 is 0 Å². The van der Waals surface area contributed by atoms with E-state index in [1.165, 1.54) is 51.4 Å². The van der Waals surface area contributed by atoms with Crippen molar-refractivity contribution in [1.82, 2.24) is 0 Å². The fraction of sp³-hybridized carbons (Fsp3) is 1.00. The standard InChI is InChI=1S/C14H28/c1-4-7-9-13-12-14(13,10-6-3)11-8-5-2/h13H,4-12H2,1-3H3. The minimum absolute atomic E-state index is 0.819.